The quantitative estimate of drug-likeness (QED) is 0.503. The molecule has 3 aromatic rings. The summed E-state index contributed by atoms with van der Waals surface area (Å²) in [6, 6.07) is 20.0. The molecule has 0 atom stereocenters. The Labute approximate surface area is 201 Å². The van der Waals surface area contributed by atoms with Gasteiger partial charge >= 0.3 is 0 Å². The highest BCUT2D eigenvalue weighted by molar-refractivity contribution is 5.97. The summed E-state index contributed by atoms with van der Waals surface area (Å²) in [6.07, 6.45) is 2.52. The van der Waals surface area contributed by atoms with Gasteiger partial charge < -0.3 is 19.1 Å². The molecule has 0 bridgehead atoms. The smallest absolute Gasteiger partial charge is 0.255 e. The molecule has 0 spiro atoms. The minimum absolute atomic E-state index is 0.0163. The van der Waals surface area contributed by atoms with Gasteiger partial charge in [0.1, 0.15) is 5.75 Å². The largest absolute Gasteiger partial charge is 0.497 e. The number of unbranched alkanes of at least 4 members (excludes halogenated alkanes) is 1. The van der Waals surface area contributed by atoms with E-state index in [0.717, 1.165) is 41.2 Å². The van der Waals surface area contributed by atoms with Crippen LogP contribution in [0.5, 0.6) is 5.75 Å². The average Bonchev–Trinajstić information content (AvgIpc) is 3.24. The molecule has 1 aliphatic heterocycles. The number of para-hydroxylation sites is 1. The lowest BCUT2D eigenvalue weighted by Gasteiger charge is -2.35. The highest BCUT2D eigenvalue weighted by Gasteiger charge is 2.28. The van der Waals surface area contributed by atoms with Crippen LogP contribution in [-0.2, 0) is 4.79 Å². The van der Waals surface area contributed by atoms with Gasteiger partial charge in [0.25, 0.3) is 5.91 Å². The van der Waals surface area contributed by atoms with Crippen molar-refractivity contribution in [2.45, 2.75) is 33.1 Å². The van der Waals surface area contributed by atoms with Crippen molar-refractivity contribution in [3.63, 3.8) is 0 Å². The third-order valence-electron chi connectivity index (χ3n) is 6.54. The van der Waals surface area contributed by atoms with E-state index in [9.17, 15) is 9.59 Å². The Morgan fingerprint density at radius 1 is 0.912 bits per heavy atom. The molecular weight excluding hydrogens is 426 g/mol. The average molecular weight is 460 g/mol. The minimum atomic E-state index is 0.0163. The summed E-state index contributed by atoms with van der Waals surface area (Å²) in [5.41, 5.74) is 4.58. The topological polar surface area (TPSA) is 54.8 Å². The van der Waals surface area contributed by atoms with Crippen LogP contribution >= 0.6 is 0 Å². The summed E-state index contributed by atoms with van der Waals surface area (Å²) >= 11 is 0. The molecule has 1 fully saturated rings. The van der Waals surface area contributed by atoms with E-state index in [-0.39, 0.29) is 11.8 Å². The molecule has 2 heterocycles. The van der Waals surface area contributed by atoms with Crippen LogP contribution in [0.4, 0.5) is 0 Å². The number of piperazine rings is 1. The Kier molecular flexibility index (Phi) is 7.36. The molecule has 0 aliphatic carbocycles. The fraction of sp³-hybridized carbons (Fsp3) is 0.357. The standard InChI is InChI=1S/C28H33N3O3/c1-4-5-11-27(32)29-16-18-30(19-17-29)28(33)25-20-26(22-12-14-24(34-3)15-13-22)31(21(25)2)23-9-7-6-8-10-23/h6-10,12-15,20H,4-5,11,16-19H2,1-3H3. The molecule has 6 nitrogen and oxygen atoms in total. The summed E-state index contributed by atoms with van der Waals surface area (Å²) in [4.78, 5) is 29.7. The van der Waals surface area contributed by atoms with Crippen LogP contribution in [-0.4, -0.2) is 59.5 Å². The van der Waals surface area contributed by atoms with Crippen LogP contribution in [0.15, 0.2) is 60.7 Å². The van der Waals surface area contributed by atoms with Crippen molar-refractivity contribution in [2.24, 2.45) is 0 Å². The van der Waals surface area contributed by atoms with E-state index in [1.165, 1.54) is 0 Å². The van der Waals surface area contributed by atoms with E-state index in [2.05, 4.69) is 23.6 Å². The number of carbonyl (C=O) groups excluding carboxylic acids is 2. The van der Waals surface area contributed by atoms with Crippen LogP contribution < -0.4 is 4.74 Å². The van der Waals surface area contributed by atoms with Gasteiger partial charge in [0, 0.05) is 44.0 Å². The van der Waals surface area contributed by atoms with Gasteiger partial charge in [0.2, 0.25) is 5.91 Å². The molecule has 2 aromatic carbocycles. The number of ether oxygens (including phenoxy) is 1. The molecule has 0 saturated carbocycles. The molecule has 34 heavy (non-hydrogen) atoms. The molecule has 1 aromatic heterocycles. The van der Waals surface area contributed by atoms with E-state index in [0.29, 0.717) is 38.2 Å². The van der Waals surface area contributed by atoms with Crippen molar-refractivity contribution >= 4 is 11.8 Å². The van der Waals surface area contributed by atoms with E-state index >= 15 is 0 Å². The predicted molar refractivity (Wildman–Crippen MR) is 135 cm³/mol. The van der Waals surface area contributed by atoms with Gasteiger partial charge in [0.05, 0.1) is 18.4 Å². The predicted octanol–water partition coefficient (Wildman–Crippen LogP) is 4.94. The number of benzene rings is 2. The number of hydrogen-bond donors (Lipinski definition) is 0. The van der Waals surface area contributed by atoms with E-state index < -0.39 is 0 Å². The van der Waals surface area contributed by atoms with Gasteiger partial charge in [0.15, 0.2) is 0 Å². The molecule has 0 unspecified atom stereocenters. The first-order valence-corrected chi connectivity index (χ1v) is 12.0. The SMILES string of the molecule is CCCCC(=O)N1CCN(C(=O)c2cc(-c3ccc(OC)cc3)n(-c3ccccc3)c2C)CC1. The Hall–Kier alpha value is -3.54. The van der Waals surface area contributed by atoms with Crippen LogP contribution in [0.25, 0.3) is 16.9 Å². The number of carbonyl (C=O) groups is 2. The lowest BCUT2D eigenvalue weighted by Crippen LogP contribution is -2.50. The van der Waals surface area contributed by atoms with Crippen LogP contribution in [0.1, 0.15) is 42.2 Å². The maximum absolute atomic E-state index is 13.6. The third kappa shape index (κ3) is 4.86. The van der Waals surface area contributed by atoms with Crippen molar-refractivity contribution < 1.29 is 14.3 Å². The fourth-order valence-corrected chi connectivity index (χ4v) is 4.52. The highest BCUT2D eigenvalue weighted by Crippen LogP contribution is 2.31. The number of methoxy groups -OCH3 is 1. The second-order valence-electron chi connectivity index (χ2n) is 8.70. The summed E-state index contributed by atoms with van der Waals surface area (Å²) < 4.78 is 7.46. The second kappa shape index (κ2) is 10.6. The Morgan fingerprint density at radius 2 is 1.56 bits per heavy atom. The van der Waals surface area contributed by atoms with Crippen molar-refractivity contribution in [1.29, 1.82) is 0 Å². The van der Waals surface area contributed by atoms with Gasteiger partial charge in [-0.3, -0.25) is 9.59 Å². The van der Waals surface area contributed by atoms with Crippen molar-refractivity contribution in [2.75, 3.05) is 33.3 Å². The van der Waals surface area contributed by atoms with Gasteiger partial charge in [-0.25, -0.2) is 0 Å². The Balaban J connectivity index is 1.62. The summed E-state index contributed by atoms with van der Waals surface area (Å²) in [5, 5.41) is 0. The van der Waals surface area contributed by atoms with E-state index in [1.807, 2.05) is 65.3 Å². The van der Waals surface area contributed by atoms with Gasteiger partial charge in [-0.2, -0.15) is 0 Å². The first kappa shape index (κ1) is 23.6. The lowest BCUT2D eigenvalue weighted by atomic mass is 10.1. The van der Waals surface area contributed by atoms with Crippen LogP contribution in [0, 0.1) is 6.92 Å². The number of amides is 2. The molecule has 1 saturated heterocycles. The molecule has 178 valence electrons. The minimum Gasteiger partial charge on any atom is -0.497 e. The van der Waals surface area contributed by atoms with Crippen molar-refractivity contribution in [1.82, 2.24) is 14.4 Å². The van der Waals surface area contributed by atoms with Crippen LogP contribution in [0.2, 0.25) is 0 Å². The number of rotatable bonds is 7. The number of aromatic nitrogens is 1. The van der Waals surface area contributed by atoms with E-state index in [1.54, 1.807) is 7.11 Å². The third-order valence-corrected chi connectivity index (χ3v) is 6.54. The van der Waals surface area contributed by atoms with E-state index in [4.69, 9.17) is 4.74 Å². The van der Waals surface area contributed by atoms with Gasteiger partial charge in [-0.1, -0.05) is 31.5 Å². The second-order valence-corrected chi connectivity index (χ2v) is 8.70. The molecule has 0 N–H and O–H groups in total. The Morgan fingerprint density at radius 3 is 2.18 bits per heavy atom. The molecule has 1 aliphatic rings. The van der Waals surface area contributed by atoms with Crippen LogP contribution in [0.3, 0.4) is 0 Å². The van der Waals surface area contributed by atoms with Crippen molar-refractivity contribution in [3.8, 4) is 22.7 Å². The molecule has 2 amide bonds. The van der Waals surface area contributed by atoms with Crippen molar-refractivity contribution in [3.05, 3.63) is 71.9 Å². The zero-order valence-corrected chi connectivity index (χ0v) is 20.3. The molecule has 0 radical (unpaired) electrons. The lowest BCUT2D eigenvalue weighted by molar-refractivity contribution is -0.132. The highest BCUT2D eigenvalue weighted by atomic mass is 16.5. The fourth-order valence-electron chi connectivity index (χ4n) is 4.52. The molecular formula is C28H33N3O3. The number of nitrogens with zero attached hydrogens (tertiary/aromatic N) is 3. The first-order chi connectivity index (χ1) is 16.5. The molecule has 6 heteroatoms. The normalized spacial score (nSPS) is 13.7. The maximum Gasteiger partial charge on any atom is 0.255 e. The first-order valence-electron chi connectivity index (χ1n) is 12.0. The van der Waals surface area contributed by atoms with Gasteiger partial charge in [-0.05, 0) is 61.4 Å². The summed E-state index contributed by atoms with van der Waals surface area (Å²) in [5.74, 6) is 1.01. The number of hydrogen-bond acceptors (Lipinski definition) is 3. The van der Waals surface area contributed by atoms with Gasteiger partial charge in [-0.15, -0.1) is 0 Å². The monoisotopic (exact) mass is 459 g/mol. The maximum atomic E-state index is 13.6. The summed E-state index contributed by atoms with van der Waals surface area (Å²) in [6.45, 7) is 6.40. The Bertz CT molecular complexity index is 1130. The zero-order chi connectivity index (χ0) is 24.1. The zero-order valence-electron chi connectivity index (χ0n) is 20.3. The summed E-state index contributed by atoms with van der Waals surface area (Å²) in [7, 11) is 1.65. The molecule has 4 rings (SSSR count).